The molecule has 9 nitrogen and oxygen atoms in total. The van der Waals surface area contributed by atoms with Crippen LogP contribution in [-0.4, -0.2) is 65.3 Å². The summed E-state index contributed by atoms with van der Waals surface area (Å²) >= 11 is 0. The maximum atomic E-state index is 13.3. The predicted octanol–water partition coefficient (Wildman–Crippen LogP) is 1.63. The van der Waals surface area contributed by atoms with E-state index in [1.807, 2.05) is 13.8 Å². The van der Waals surface area contributed by atoms with E-state index in [4.69, 9.17) is 5.21 Å². The monoisotopic (exact) mass is 426 g/mol. The second kappa shape index (κ2) is 13.3. The Morgan fingerprint density at radius 3 is 2.43 bits per heavy atom. The van der Waals surface area contributed by atoms with Crippen LogP contribution in [0.4, 0.5) is 4.79 Å². The van der Waals surface area contributed by atoms with E-state index >= 15 is 0 Å². The van der Waals surface area contributed by atoms with Crippen molar-refractivity contribution in [2.75, 3.05) is 19.6 Å². The van der Waals surface area contributed by atoms with Gasteiger partial charge < -0.3 is 15.5 Å². The summed E-state index contributed by atoms with van der Waals surface area (Å²) in [6.45, 7) is 8.73. The van der Waals surface area contributed by atoms with Crippen molar-refractivity contribution in [3.8, 4) is 0 Å². The van der Waals surface area contributed by atoms with Crippen LogP contribution in [0.1, 0.15) is 66.2 Å². The Labute approximate surface area is 179 Å². The maximum absolute atomic E-state index is 13.3. The van der Waals surface area contributed by atoms with Crippen LogP contribution in [0.25, 0.3) is 0 Å². The third kappa shape index (κ3) is 7.68. The number of Topliss-reactive ketones (excluding diaryl/α,β-unsaturated/α-hetero) is 2. The van der Waals surface area contributed by atoms with Gasteiger partial charge in [0, 0.05) is 38.4 Å². The van der Waals surface area contributed by atoms with Crippen LogP contribution in [0.5, 0.6) is 0 Å². The molecule has 0 saturated carbocycles. The van der Waals surface area contributed by atoms with Gasteiger partial charge in [-0.2, -0.15) is 0 Å². The quantitative estimate of drug-likeness (QED) is 0.213. The number of carbonyl (C=O) groups is 4. The van der Waals surface area contributed by atoms with Gasteiger partial charge >= 0.3 is 6.03 Å². The Hall–Kier alpha value is -2.00. The first-order valence-corrected chi connectivity index (χ1v) is 11.0. The summed E-state index contributed by atoms with van der Waals surface area (Å²) in [6.07, 6.45) is 3.44. The molecule has 1 rings (SSSR count). The third-order valence-electron chi connectivity index (χ3n) is 5.59. The minimum atomic E-state index is -0.721. The molecule has 9 heteroatoms. The van der Waals surface area contributed by atoms with Crippen LogP contribution in [-0.2, 0) is 14.4 Å². The first-order chi connectivity index (χ1) is 14.3. The highest BCUT2D eigenvalue weighted by Crippen LogP contribution is 2.20. The van der Waals surface area contributed by atoms with E-state index in [1.54, 1.807) is 12.4 Å². The van der Waals surface area contributed by atoms with Crippen LogP contribution in [0.3, 0.4) is 0 Å². The fraction of sp³-hybridized carbons (Fsp3) is 0.810. The van der Waals surface area contributed by atoms with E-state index in [1.165, 1.54) is 4.90 Å². The number of urea groups is 1. The highest BCUT2D eigenvalue weighted by Gasteiger charge is 2.37. The lowest BCUT2D eigenvalue weighted by atomic mass is 9.88. The zero-order valence-electron chi connectivity index (χ0n) is 18.7. The molecule has 172 valence electrons. The number of piperazine rings is 1. The molecule has 0 aromatic carbocycles. The Morgan fingerprint density at radius 1 is 1.17 bits per heavy atom. The molecule has 1 fully saturated rings. The SMILES string of the molecule is CCCCC[C@H](CC(=O)NO)C(=O)[C@@H]1CNCCN1C(=O)N[C@H](C(=O)CC)C(C)C. The van der Waals surface area contributed by atoms with E-state index in [-0.39, 0.29) is 23.9 Å². The van der Waals surface area contributed by atoms with Gasteiger partial charge in [0.05, 0.1) is 6.04 Å². The number of nitrogens with one attached hydrogen (secondary N) is 3. The van der Waals surface area contributed by atoms with Gasteiger partial charge in [0.1, 0.15) is 6.04 Å². The Kier molecular flexibility index (Phi) is 11.6. The molecule has 3 atom stereocenters. The van der Waals surface area contributed by atoms with Crippen molar-refractivity contribution in [2.24, 2.45) is 11.8 Å². The smallest absolute Gasteiger partial charge is 0.318 e. The second-order valence-corrected chi connectivity index (χ2v) is 8.24. The first-order valence-electron chi connectivity index (χ1n) is 11.0. The summed E-state index contributed by atoms with van der Waals surface area (Å²) in [4.78, 5) is 51.7. The topological polar surface area (TPSA) is 128 Å². The molecule has 0 aromatic rings. The molecule has 0 aromatic heterocycles. The molecule has 1 saturated heterocycles. The number of hydrogen-bond donors (Lipinski definition) is 4. The van der Waals surface area contributed by atoms with Gasteiger partial charge in [-0.1, -0.05) is 47.0 Å². The van der Waals surface area contributed by atoms with Gasteiger partial charge in [-0.15, -0.1) is 0 Å². The normalized spacial score (nSPS) is 18.6. The van der Waals surface area contributed by atoms with Crippen molar-refractivity contribution in [2.45, 2.75) is 78.3 Å². The number of nitrogens with zero attached hydrogens (tertiary/aromatic N) is 1. The van der Waals surface area contributed by atoms with Gasteiger partial charge in [-0.3, -0.25) is 19.6 Å². The molecule has 1 aliphatic rings. The van der Waals surface area contributed by atoms with E-state index in [0.717, 1.165) is 19.3 Å². The number of rotatable bonds is 12. The zero-order chi connectivity index (χ0) is 22.7. The van der Waals surface area contributed by atoms with Gasteiger partial charge in [0.25, 0.3) is 0 Å². The largest absolute Gasteiger partial charge is 0.328 e. The van der Waals surface area contributed by atoms with Crippen molar-refractivity contribution < 1.29 is 24.4 Å². The Morgan fingerprint density at radius 2 is 1.87 bits per heavy atom. The summed E-state index contributed by atoms with van der Waals surface area (Å²) in [6, 6.07) is -1.76. The Balaban J connectivity index is 2.97. The van der Waals surface area contributed by atoms with Gasteiger partial charge in [-0.25, -0.2) is 10.3 Å². The molecule has 3 amide bonds. The summed E-state index contributed by atoms with van der Waals surface area (Å²) in [5.74, 6) is -1.50. The molecule has 1 heterocycles. The summed E-state index contributed by atoms with van der Waals surface area (Å²) < 4.78 is 0. The number of amides is 3. The van der Waals surface area contributed by atoms with Crippen LogP contribution in [0, 0.1) is 11.8 Å². The fourth-order valence-corrected chi connectivity index (χ4v) is 3.78. The molecule has 1 aliphatic heterocycles. The van der Waals surface area contributed by atoms with E-state index in [2.05, 4.69) is 17.6 Å². The van der Waals surface area contributed by atoms with Gasteiger partial charge in [0.2, 0.25) is 5.91 Å². The Bertz CT molecular complexity index is 596. The number of hydrogen-bond acceptors (Lipinski definition) is 6. The second-order valence-electron chi connectivity index (χ2n) is 8.24. The van der Waals surface area contributed by atoms with Crippen molar-refractivity contribution >= 4 is 23.5 Å². The van der Waals surface area contributed by atoms with E-state index in [9.17, 15) is 19.2 Å². The van der Waals surface area contributed by atoms with Crippen LogP contribution < -0.4 is 16.1 Å². The molecule has 0 unspecified atom stereocenters. The lowest BCUT2D eigenvalue weighted by Crippen LogP contribution is -2.62. The lowest BCUT2D eigenvalue weighted by Gasteiger charge is -2.38. The zero-order valence-corrected chi connectivity index (χ0v) is 18.7. The lowest BCUT2D eigenvalue weighted by molar-refractivity contribution is -0.136. The summed E-state index contributed by atoms with van der Waals surface area (Å²) in [5.41, 5.74) is 1.60. The van der Waals surface area contributed by atoms with Gasteiger partial charge in [-0.05, 0) is 12.3 Å². The predicted molar refractivity (Wildman–Crippen MR) is 113 cm³/mol. The minimum absolute atomic E-state index is 0.0478. The average Bonchev–Trinajstić information content (AvgIpc) is 2.75. The standard InChI is InChI=1S/C21H38N4O5/c1-5-7-8-9-15(12-18(27)24-30)20(28)16-13-22-10-11-25(16)21(29)23-19(14(3)4)17(26)6-2/h14-16,19,22,30H,5-13H2,1-4H3,(H,23,29)(H,24,27)/t15-,16+,19+/m1/s1. The third-order valence-corrected chi connectivity index (χ3v) is 5.59. The fourth-order valence-electron chi connectivity index (χ4n) is 3.78. The molecule has 0 spiro atoms. The number of hydroxylamine groups is 1. The highest BCUT2D eigenvalue weighted by molar-refractivity contribution is 5.94. The molecule has 30 heavy (non-hydrogen) atoms. The molecule has 0 bridgehead atoms. The van der Waals surface area contributed by atoms with E-state index < -0.39 is 29.9 Å². The number of ketones is 2. The molecule has 0 aliphatic carbocycles. The van der Waals surface area contributed by atoms with Crippen molar-refractivity contribution in [1.82, 2.24) is 21.0 Å². The van der Waals surface area contributed by atoms with Crippen LogP contribution >= 0.6 is 0 Å². The molecular formula is C21H38N4O5. The van der Waals surface area contributed by atoms with Crippen LogP contribution in [0.15, 0.2) is 0 Å². The number of carbonyl (C=O) groups excluding carboxylic acids is 4. The molecule has 4 N–H and O–H groups in total. The summed E-state index contributed by atoms with van der Waals surface area (Å²) in [7, 11) is 0. The molecular weight excluding hydrogens is 388 g/mol. The van der Waals surface area contributed by atoms with Crippen molar-refractivity contribution in [1.29, 1.82) is 0 Å². The highest BCUT2D eigenvalue weighted by atomic mass is 16.5. The summed E-state index contributed by atoms with van der Waals surface area (Å²) in [5, 5.41) is 14.8. The van der Waals surface area contributed by atoms with Crippen LogP contribution in [0.2, 0.25) is 0 Å². The maximum Gasteiger partial charge on any atom is 0.318 e. The average molecular weight is 427 g/mol. The number of unbranched alkanes of at least 4 members (excludes halogenated alkanes) is 2. The molecule has 0 radical (unpaired) electrons. The van der Waals surface area contributed by atoms with Gasteiger partial charge in [0.15, 0.2) is 11.6 Å². The minimum Gasteiger partial charge on any atom is -0.328 e. The van der Waals surface area contributed by atoms with Crippen molar-refractivity contribution in [3.05, 3.63) is 0 Å². The van der Waals surface area contributed by atoms with E-state index in [0.29, 0.717) is 32.5 Å². The first kappa shape index (κ1) is 26.0. The van der Waals surface area contributed by atoms with Crippen molar-refractivity contribution in [3.63, 3.8) is 0 Å².